The van der Waals surface area contributed by atoms with Crippen molar-refractivity contribution in [2.75, 3.05) is 13.2 Å². The number of hydrogen-bond acceptors (Lipinski definition) is 11. The Morgan fingerprint density at radius 1 is 0.440 bits per heavy atom. The number of carbonyl (C=O) groups is 4. The van der Waals surface area contributed by atoms with E-state index in [9.17, 15) is 34.5 Å². The number of carbonyl (C=O) groups excluding carboxylic acids is 3. The number of aliphatic hydroxyl groups excluding tert-OH is 2. The Labute approximate surface area is 452 Å². The van der Waals surface area contributed by atoms with E-state index in [0.717, 1.165) is 141 Å². The molecule has 0 aliphatic carbocycles. The molecule has 0 radical (unpaired) electrons. The summed E-state index contributed by atoms with van der Waals surface area (Å²) in [4.78, 5) is 51.0. The summed E-state index contributed by atoms with van der Waals surface area (Å²) in [6.07, 6.45) is 56.1. The zero-order valence-electron chi connectivity index (χ0n) is 46.2. The van der Waals surface area contributed by atoms with Crippen LogP contribution in [-0.4, -0.2) is 89.2 Å². The van der Waals surface area contributed by atoms with Crippen LogP contribution >= 0.6 is 0 Å². The molecule has 0 aromatic rings. The third-order valence-electron chi connectivity index (χ3n) is 12.0. The highest BCUT2D eigenvalue weighted by molar-refractivity contribution is 5.74. The maximum absolute atomic E-state index is 13.1. The number of aliphatic carboxylic acids is 1. The first-order valence-electron chi connectivity index (χ1n) is 28.5. The van der Waals surface area contributed by atoms with Crippen LogP contribution in [0.25, 0.3) is 0 Å². The van der Waals surface area contributed by atoms with E-state index in [4.69, 9.17) is 23.7 Å². The highest BCUT2D eigenvalue weighted by Gasteiger charge is 2.50. The Bertz CT molecular complexity index is 1770. The number of unbranched alkanes of at least 4 members (excludes halogenated alkanes) is 12. The van der Waals surface area contributed by atoms with Crippen LogP contribution in [0.2, 0.25) is 0 Å². The zero-order valence-corrected chi connectivity index (χ0v) is 46.2. The number of carboxylic acid groups (broad SMARTS) is 1. The number of carboxylic acids is 1. The van der Waals surface area contributed by atoms with Crippen molar-refractivity contribution in [3.05, 3.63) is 122 Å². The number of aliphatic hydroxyl groups is 2. The van der Waals surface area contributed by atoms with Crippen molar-refractivity contribution in [3.8, 4) is 0 Å². The summed E-state index contributed by atoms with van der Waals surface area (Å²) in [6, 6.07) is 0. The van der Waals surface area contributed by atoms with Gasteiger partial charge in [-0.1, -0.05) is 181 Å². The molecule has 0 aromatic carbocycles. The van der Waals surface area contributed by atoms with Gasteiger partial charge in [-0.05, 0) is 122 Å². The molecule has 1 heterocycles. The van der Waals surface area contributed by atoms with E-state index in [1.54, 1.807) is 0 Å². The number of esters is 3. The number of hydrogen-bond donors (Lipinski definition) is 3. The van der Waals surface area contributed by atoms with Crippen LogP contribution in [0.1, 0.15) is 201 Å². The standard InChI is InChI=1S/C63H98O12/c1-4-7-10-13-16-19-22-25-26-27-28-29-30-33-34-37-40-43-46-49-55(64)71-52-54(73-56(65)50-47-44-41-38-35-31-23-20-17-14-11-8-5-2)53-72-63-61(59(68)58(67)60(75-63)62(69)70)74-57(66)51-48-45-42-39-36-32-24-21-18-15-12-9-6-3/h7-12,16-21,25-26,28-29,31-32,35-36,54,58-61,63,67-68H,4-6,13-15,22-24,27,30,33-34,37-53H2,1-3H3,(H,69,70)/b10-7-,11-8-,12-9-,19-16-,20-17-,21-18-,26-25-,29-28-,35-31-,36-32-. The third-order valence-corrected chi connectivity index (χ3v) is 12.0. The maximum Gasteiger partial charge on any atom is 0.335 e. The molecule has 75 heavy (non-hydrogen) atoms. The molecule has 6 atom stereocenters. The van der Waals surface area contributed by atoms with Crippen molar-refractivity contribution >= 4 is 23.9 Å². The van der Waals surface area contributed by atoms with E-state index < -0.39 is 67.3 Å². The largest absolute Gasteiger partial charge is 0.479 e. The average Bonchev–Trinajstić information content (AvgIpc) is 3.39. The number of rotatable bonds is 46. The highest BCUT2D eigenvalue weighted by atomic mass is 16.7. The van der Waals surface area contributed by atoms with E-state index in [1.165, 1.54) is 0 Å². The second kappa shape index (κ2) is 50.0. The van der Waals surface area contributed by atoms with Crippen LogP contribution in [0.5, 0.6) is 0 Å². The minimum Gasteiger partial charge on any atom is -0.479 e. The van der Waals surface area contributed by atoms with E-state index >= 15 is 0 Å². The van der Waals surface area contributed by atoms with Gasteiger partial charge in [-0.3, -0.25) is 14.4 Å². The van der Waals surface area contributed by atoms with Gasteiger partial charge in [0.25, 0.3) is 0 Å². The molecule has 0 aromatic heterocycles. The normalized spacial score (nSPS) is 19.1. The lowest BCUT2D eigenvalue weighted by Gasteiger charge is -2.40. The van der Waals surface area contributed by atoms with Gasteiger partial charge in [0.05, 0.1) is 6.61 Å². The lowest BCUT2D eigenvalue weighted by atomic mass is 9.98. The van der Waals surface area contributed by atoms with E-state index in [2.05, 4.69) is 142 Å². The van der Waals surface area contributed by atoms with Crippen molar-refractivity contribution in [1.29, 1.82) is 0 Å². The summed E-state index contributed by atoms with van der Waals surface area (Å²) >= 11 is 0. The summed E-state index contributed by atoms with van der Waals surface area (Å²) in [6.45, 7) is 5.57. The van der Waals surface area contributed by atoms with Gasteiger partial charge >= 0.3 is 23.9 Å². The van der Waals surface area contributed by atoms with E-state index in [1.807, 2.05) is 0 Å². The molecule has 1 saturated heterocycles. The molecular formula is C63H98O12. The minimum absolute atomic E-state index is 0.0137. The predicted octanol–water partition coefficient (Wildman–Crippen LogP) is 14.4. The Morgan fingerprint density at radius 2 is 0.800 bits per heavy atom. The Morgan fingerprint density at radius 3 is 1.23 bits per heavy atom. The van der Waals surface area contributed by atoms with Crippen LogP contribution < -0.4 is 0 Å². The van der Waals surface area contributed by atoms with Crippen LogP contribution in [0.4, 0.5) is 0 Å². The van der Waals surface area contributed by atoms with Crippen LogP contribution in [0.3, 0.4) is 0 Å². The maximum atomic E-state index is 13.1. The molecule has 3 N–H and O–H groups in total. The van der Waals surface area contributed by atoms with Crippen LogP contribution in [-0.2, 0) is 42.9 Å². The Balaban J connectivity index is 2.73. The molecule has 12 nitrogen and oxygen atoms in total. The highest BCUT2D eigenvalue weighted by Crippen LogP contribution is 2.26. The molecule has 1 rings (SSSR count). The third kappa shape index (κ3) is 40.1. The fourth-order valence-electron chi connectivity index (χ4n) is 7.74. The first kappa shape index (κ1) is 68.1. The van der Waals surface area contributed by atoms with Crippen LogP contribution in [0.15, 0.2) is 122 Å². The molecule has 6 unspecified atom stereocenters. The van der Waals surface area contributed by atoms with Crippen molar-refractivity contribution < 1.29 is 58.2 Å². The monoisotopic (exact) mass is 1050 g/mol. The smallest absolute Gasteiger partial charge is 0.335 e. The summed E-state index contributed by atoms with van der Waals surface area (Å²) in [5.41, 5.74) is 0. The van der Waals surface area contributed by atoms with Crippen molar-refractivity contribution in [3.63, 3.8) is 0 Å². The second-order valence-electron chi connectivity index (χ2n) is 18.8. The van der Waals surface area contributed by atoms with Gasteiger partial charge in [-0.25, -0.2) is 4.79 Å². The molecular weight excluding hydrogens is 949 g/mol. The van der Waals surface area contributed by atoms with E-state index in [-0.39, 0.29) is 25.9 Å². The molecule has 1 aliphatic rings. The van der Waals surface area contributed by atoms with Crippen molar-refractivity contribution in [1.82, 2.24) is 0 Å². The predicted molar refractivity (Wildman–Crippen MR) is 303 cm³/mol. The fourth-order valence-corrected chi connectivity index (χ4v) is 7.74. The molecule has 0 spiro atoms. The molecule has 0 saturated carbocycles. The van der Waals surface area contributed by atoms with Gasteiger partial charge in [-0.15, -0.1) is 0 Å². The second-order valence-corrected chi connectivity index (χ2v) is 18.8. The Hall–Kier alpha value is -4.88. The van der Waals surface area contributed by atoms with Gasteiger partial charge in [0, 0.05) is 19.3 Å². The molecule has 422 valence electrons. The molecule has 0 amide bonds. The quantitative estimate of drug-likeness (QED) is 0.0228. The fraction of sp³-hybridized carbons (Fsp3) is 0.619. The number of ether oxygens (including phenoxy) is 5. The zero-order chi connectivity index (χ0) is 54.7. The minimum atomic E-state index is -1.93. The van der Waals surface area contributed by atoms with Gasteiger partial charge < -0.3 is 39.0 Å². The van der Waals surface area contributed by atoms with Gasteiger partial charge in [0.15, 0.2) is 24.6 Å². The SMILES string of the molecule is CC/C=C\C/C=C\C/C=C\C/C=C\CCCCCCCCC(=O)OCC(COC1OC(C(=O)O)C(O)C(O)C1OC(=O)CCCCC/C=C\C/C=C\C/C=C\CC)OC(=O)CCCCC/C=C\C/C=C\C/C=C\CC. The summed E-state index contributed by atoms with van der Waals surface area (Å²) < 4.78 is 28.3. The molecule has 1 aliphatic heterocycles. The van der Waals surface area contributed by atoms with Gasteiger partial charge in [0.1, 0.15) is 18.8 Å². The molecule has 12 heteroatoms. The summed E-state index contributed by atoms with van der Waals surface area (Å²) in [5, 5.41) is 31.4. The average molecular weight is 1050 g/mol. The molecule has 0 bridgehead atoms. The summed E-state index contributed by atoms with van der Waals surface area (Å²) in [7, 11) is 0. The summed E-state index contributed by atoms with van der Waals surface area (Å²) in [5.74, 6) is -3.24. The Kier molecular flexibility index (Phi) is 45.4. The van der Waals surface area contributed by atoms with Crippen LogP contribution in [0, 0.1) is 0 Å². The van der Waals surface area contributed by atoms with Crippen molar-refractivity contribution in [2.45, 2.75) is 237 Å². The first-order valence-corrected chi connectivity index (χ1v) is 28.5. The lowest BCUT2D eigenvalue weighted by Crippen LogP contribution is -2.61. The van der Waals surface area contributed by atoms with Gasteiger partial charge in [-0.2, -0.15) is 0 Å². The van der Waals surface area contributed by atoms with Gasteiger partial charge in [0.2, 0.25) is 0 Å². The lowest BCUT2D eigenvalue weighted by molar-refractivity contribution is -0.301. The van der Waals surface area contributed by atoms with E-state index in [0.29, 0.717) is 19.3 Å². The van der Waals surface area contributed by atoms with Crippen molar-refractivity contribution in [2.24, 2.45) is 0 Å². The first-order chi connectivity index (χ1) is 36.6. The number of allylic oxidation sites excluding steroid dienone is 20. The topological polar surface area (TPSA) is 175 Å². The molecule has 1 fully saturated rings.